The zero-order valence-corrected chi connectivity index (χ0v) is 11.1. The summed E-state index contributed by atoms with van der Waals surface area (Å²) in [6.45, 7) is 2.58. The molecular weight excluding hydrogens is 286 g/mol. The molecule has 0 N–H and O–H groups in total. The number of hydrogen-bond donors (Lipinski definition) is 0. The number of nitro groups is 1. The molecule has 0 unspecified atom stereocenters. The van der Waals surface area contributed by atoms with Gasteiger partial charge in [0, 0.05) is 30.0 Å². The molecule has 0 aliphatic carbocycles. The molecule has 8 heteroatoms. The molecule has 0 aliphatic heterocycles. The lowest BCUT2D eigenvalue weighted by Gasteiger charge is -2.09. The Bertz CT molecular complexity index is 747. The number of fused-ring (bicyclic) bond motifs is 1. The lowest BCUT2D eigenvalue weighted by Crippen LogP contribution is -2.04. The van der Waals surface area contributed by atoms with Gasteiger partial charge in [-0.2, -0.15) is 0 Å². The molecule has 0 saturated carbocycles. The smallest absolute Gasteiger partial charge is 0.308 e. The molecule has 1 heterocycles. The first kappa shape index (κ1) is 14.8. The zero-order valence-electron chi connectivity index (χ0n) is 11.1. The fourth-order valence-electron chi connectivity index (χ4n) is 1.90. The van der Waals surface area contributed by atoms with E-state index in [0.29, 0.717) is 0 Å². The third kappa shape index (κ3) is 2.93. The van der Waals surface area contributed by atoms with E-state index < -0.39 is 23.0 Å². The number of hydrogen-bond acceptors (Lipinski definition) is 5. The minimum absolute atomic E-state index is 0.104. The fraction of sp³-hybridized carbons (Fsp3) is 0.231. The summed E-state index contributed by atoms with van der Waals surface area (Å²) in [5.41, 5.74) is -0.387. The van der Waals surface area contributed by atoms with E-state index in [-0.39, 0.29) is 27.9 Å². The highest BCUT2D eigenvalue weighted by molar-refractivity contribution is 5.90. The molecule has 110 valence electrons. The summed E-state index contributed by atoms with van der Waals surface area (Å²) in [4.78, 5) is 25.1. The number of halogens is 2. The maximum absolute atomic E-state index is 12.8. The maximum atomic E-state index is 12.8. The van der Waals surface area contributed by atoms with Crippen LogP contribution in [0.3, 0.4) is 0 Å². The summed E-state index contributed by atoms with van der Waals surface area (Å²) in [5.74, 6) is -0.892. The van der Waals surface area contributed by atoms with E-state index in [1.807, 2.05) is 0 Å². The van der Waals surface area contributed by atoms with Crippen molar-refractivity contribution in [3.05, 3.63) is 39.6 Å². The van der Waals surface area contributed by atoms with Crippen molar-refractivity contribution >= 4 is 22.6 Å². The first-order valence-corrected chi connectivity index (χ1v) is 5.86. The molecule has 2 rings (SSSR count). The highest BCUT2D eigenvalue weighted by Gasteiger charge is 2.19. The molecule has 0 atom stereocenters. The average molecular weight is 296 g/mol. The van der Waals surface area contributed by atoms with Gasteiger partial charge < -0.3 is 4.74 Å². The Morgan fingerprint density at radius 1 is 1.38 bits per heavy atom. The molecule has 6 nitrogen and oxygen atoms in total. The van der Waals surface area contributed by atoms with Crippen molar-refractivity contribution in [2.24, 2.45) is 0 Å². The second-order valence-corrected chi connectivity index (χ2v) is 4.35. The van der Waals surface area contributed by atoms with Crippen molar-refractivity contribution in [3.63, 3.8) is 0 Å². The normalized spacial score (nSPS) is 10.9. The number of aromatic nitrogens is 1. The topological polar surface area (TPSA) is 82.3 Å². The molecule has 0 aliphatic rings. The molecule has 21 heavy (non-hydrogen) atoms. The van der Waals surface area contributed by atoms with Gasteiger partial charge in [-0.25, -0.2) is 13.8 Å². The first-order chi connectivity index (χ1) is 9.79. The monoisotopic (exact) mass is 296 g/mol. The van der Waals surface area contributed by atoms with E-state index in [0.717, 1.165) is 19.1 Å². The predicted octanol–water partition coefficient (Wildman–Crippen LogP) is 3.31. The van der Waals surface area contributed by atoms with Crippen molar-refractivity contribution in [2.45, 2.75) is 20.3 Å². The molecule has 0 fully saturated rings. The summed E-state index contributed by atoms with van der Waals surface area (Å²) in [6, 6.07) is 3.38. The van der Waals surface area contributed by atoms with Crippen LogP contribution in [0.4, 0.5) is 14.5 Å². The lowest BCUT2D eigenvalue weighted by atomic mass is 10.1. The highest BCUT2D eigenvalue weighted by atomic mass is 19.3. The van der Waals surface area contributed by atoms with Crippen molar-refractivity contribution in [3.8, 4) is 5.75 Å². The van der Waals surface area contributed by atoms with Crippen LogP contribution in [0, 0.1) is 17.0 Å². The molecular formula is C13H10F2N2O4. The zero-order chi connectivity index (χ0) is 15.7. The molecule has 0 saturated heterocycles. The standard InChI is InChI=1S/C13H10F2N2O4/c1-6-3-9-8(4-11(6)17(19)20)12(21-7(2)18)5-10(16-9)13(14)15/h3-5,13H,1-2H3. The van der Waals surface area contributed by atoms with Crippen LogP contribution in [0.25, 0.3) is 10.9 Å². The van der Waals surface area contributed by atoms with E-state index in [4.69, 9.17) is 4.74 Å². The lowest BCUT2D eigenvalue weighted by molar-refractivity contribution is -0.385. The van der Waals surface area contributed by atoms with E-state index in [1.54, 1.807) is 0 Å². The van der Waals surface area contributed by atoms with Crippen molar-refractivity contribution in [1.29, 1.82) is 0 Å². The van der Waals surface area contributed by atoms with Crippen LogP contribution in [0.1, 0.15) is 24.6 Å². The number of benzene rings is 1. The largest absolute Gasteiger partial charge is 0.426 e. The van der Waals surface area contributed by atoms with Crippen LogP contribution in [-0.4, -0.2) is 15.9 Å². The van der Waals surface area contributed by atoms with E-state index in [9.17, 15) is 23.7 Å². The van der Waals surface area contributed by atoms with Crippen LogP contribution in [-0.2, 0) is 4.79 Å². The number of nitro benzene ring substituents is 1. The van der Waals surface area contributed by atoms with Gasteiger partial charge in [-0.15, -0.1) is 0 Å². The molecule has 1 aromatic carbocycles. The Morgan fingerprint density at radius 2 is 2.05 bits per heavy atom. The average Bonchev–Trinajstić information content (AvgIpc) is 2.36. The fourth-order valence-corrected chi connectivity index (χ4v) is 1.90. The maximum Gasteiger partial charge on any atom is 0.308 e. The number of pyridine rings is 1. The van der Waals surface area contributed by atoms with Gasteiger partial charge >= 0.3 is 5.97 Å². The summed E-state index contributed by atoms with van der Waals surface area (Å²) in [5, 5.41) is 11.1. The number of carbonyl (C=O) groups excluding carboxylic acids is 1. The number of alkyl halides is 2. The summed E-state index contributed by atoms with van der Waals surface area (Å²) in [7, 11) is 0. The third-order valence-electron chi connectivity index (χ3n) is 2.78. The quantitative estimate of drug-likeness (QED) is 0.493. The van der Waals surface area contributed by atoms with E-state index in [2.05, 4.69) is 4.98 Å². The minimum atomic E-state index is -2.85. The SMILES string of the molecule is CC(=O)Oc1cc(C(F)F)nc2cc(C)c([N+](=O)[O-])cc12. The molecule has 2 aromatic rings. The van der Waals surface area contributed by atoms with Gasteiger partial charge in [-0.3, -0.25) is 14.9 Å². The van der Waals surface area contributed by atoms with Crippen molar-refractivity contribution < 1.29 is 23.2 Å². The Hall–Kier alpha value is -2.64. The second-order valence-electron chi connectivity index (χ2n) is 4.35. The van der Waals surface area contributed by atoms with E-state index >= 15 is 0 Å². The highest BCUT2D eigenvalue weighted by Crippen LogP contribution is 2.33. The van der Waals surface area contributed by atoms with Gasteiger partial charge in [0.25, 0.3) is 12.1 Å². The van der Waals surface area contributed by atoms with Gasteiger partial charge in [0.05, 0.1) is 10.4 Å². The molecule has 1 aromatic heterocycles. The third-order valence-corrected chi connectivity index (χ3v) is 2.78. The van der Waals surface area contributed by atoms with E-state index in [1.165, 1.54) is 13.0 Å². The van der Waals surface area contributed by atoms with Crippen LogP contribution >= 0.6 is 0 Å². The Labute approximate surface area is 117 Å². The van der Waals surface area contributed by atoms with Crippen molar-refractivity contribution in [2.75, 3.05) is 0 Å². The molecule has 0 bridgehead atoms. The summed E-state index contributed by atoms with van der Waals surface area (Å²) >= 11 is 0. The second kappa shape index (κ2) is 5.39. The number of carbonyl (C=O) groups is 1. The number of esters is 1. The van der Waals surface area contributed by atoms with Gasteiger partial charge in [-0.1, -0.05) is 0 Å². The van der Waals surface area contributed by atoms with Gasteiger partial charge in [0.1, 0.15) is 11.4 Å². The van der Waals surface area contributed by atoms with Crippen molar-refractivity contribution in [1.82, 2.24) is 4.98 Å². The number of rotatable bonds is 3. The number of nitrogens with zero attached hydrogens (tertiary/aromatic N) is 2. The van der Waals surface area contributed by atoms with Crippen LogP contribution in [0.15, 0.2) is 18.2 Å². The summed E-state index contributed by atoms with van der Waals surface area (Å²) < 4.78 is 30.5. The Balaban J connectivity index is 2.78. The van der Waals surface area contributed by atoms with Gasteiger partial charge in [-0.05, 0) is 13.0 Å². The van der Waals surface area contributed by atoms with Gasteiger partial charge in [0.15, 0.2) is 0 Å². The molecule has 0 spiro atoms. The van der Waals surface area contributed by atoms with Gasteiger partial charge in [0.2, 0.25) is 0 Å². The molecule has 0 radical (unpaired) electrons. The first-order valence-electron chi connectivity index (χ1n) is 5.86. The van der Waals surface area contributed by atoms with Crippen LogP contribution < -0.4 is 4.74 Å². The minimum Gasteiger partial charge on any atom is -0.426 e. The van der Waals surface area contributed by atoms with Crippen LogP contribution in [0.5, 0.6) is 5.75 Å². The predicted molar refractivity (Wildman–Crippen MR) is 69.4 cm³/mol. The Morgan fingerprint density at radius 3 is 2.57 bits per heavy atom. The Kier molecular flexibility index (Phi) is 3.79. The summed E-state index contributed by atoms with van der Waals surface area (Å²) in [6.07, 6.45) is -2.85. The van der Waals surface area contributed by atoms with Crippen LogP contribution in [0.2, 0.25) is 0 Å². The molecule has 0 amide bonds. The number of ether oxygens (including phenoxy) is 1. The number of aryl methyl sites for hydroxylation is 1.